The number of aliphatic hydroxyl groups excluding tert-OH is 1. The fourth-order valence-corrected chi connectivity index (χ4v) is 1.88. The molecule has 0 aliphatic carbocycles. The quantitative estimate of drug-likeness (QED) is 0.431. The van der Waals surface area contributed by atoms with Gasteiger partial charge >= 0.3 is 5.97 Å². The molecule has 3 nitrogen and oxygen atoms in total. The van der Waals surface area contributed by atoms with Gasteiger partial charge in [-0.05, 0) is 31.6 Å². The van der Waals surface area contributed by atoms with E-state index in [1.807, 2.05) is 0 Å². The lowest BCUT2D eigenvalue weighted by atomic mass is 9.98. The highest BCUT2D eigenvalue weighted by Crippen LogP contribution is 2.14. The van der Waals surface area contributed by atoms with Crippen LogP contribution in [0.3, 0.4) is 0 Å². The summed E-state index contributed by atoms with van der Waals surface area (Å²) in [6.07, 6.45) is 11.7. The Kier molecular flexibility index (Phi) is 11.1. The van der Waals surface area contributed by atoms with Crippen molar-refractivity contribution in [3.63, 3.8) is 0 Å². The van der Waals surface area contributed by atoms with Gasteiger partial charge in [0, 0.05) is 6.61 Å². The van der Waals surface area contributed by atoms with Crippen molar-refractivity contribution in [1.82, 2.24) is 0 Å². The first-order valence-electron chi connectivity index (χ1n) is 6.70. The van der Waals surface area contributed by atoms with Gasteiger partial charge in [-0.1, -0.05) is 38.3 Å². The van der Waals surface area contributed by atoms with Gasteiger partial charge in [-0.3, -0.25) is 4.79 Å². The standard InChI is InChI=1S/C14H26O3/c1-2-9-13(12-14(16)17)10-7-5-3-4-6-8-11-15/h7,10,13,15H,2-6,8-9,11-12H2,1H3,(H,16,17)/b10-7+. The SMILES string of the molecule is CCCC(/C=C/CCCCCCO)CC(=O)O. The van der Waals surface area contributed by atoms with E-state index in [9.17, 15) is 4.79 Å². The molecule has 0 heterocycles. The van der Waals surface area contributed by atoms with E-state index < -0.39 is 5.97 Å². The minimum Gasteiger partial charge on any atom is -0.481 e. The minimum atomic E-state index is -0.712. The average molecular weight is 242 g/mol. The Labute approximate surface area is 105 Å². The van der Waals surface area contributed by atoms with Gasteiger partial charge in [0.2, 0.25) is 0 Å². The summed E-state index contributed by atoms with van der Waals surface area (Å²) in [7, 11) is 0. The Balaban J connectivity index is 3.65. The third-order valence-electron chi connectivity index (χ3n) is 2.78. The summed E-state index contributed by atoms with van der Waals surface area (Å²) in [5, 5.41) is 17.4. The molecule has 0 rings (SSSR count). The lowest BCUT2D eigenvalue weighted by molar-refractivity contribution is -0.137. The smallest absolute Gasteiger partial charge is 0.303 e. The van der Waals surface area contributed by atoms with Crippen LogP contribution in [0.15, 0.2) is 12.2 Å². The Hall–Kier alpha value is -0.830. The maximum absolute atomic E-state index is 10.6. The van der Waals surface area contributed by atoms with Gasteiger partial charge in [0.15, 0.2) is 0 Å². The highest BCUT2D eigenvalue weighted by Gasteiger charge is 2.08. The molecular formula is C14H26O3. The van der Waals surface area contributed by atoms with E-state index in [4.69, 9.17) is 10.2 Å². The Morgan fingerprint density at radius 1 is 1.24 bits per heavy atom. The largest absolute Gasteiger partial charge is 0.481 e. The predicted molar refractivity (Wildman–Crippen MR) is 70.0 cm³/mol. The fraction of sp³-hybridized carbons (Fsp3) is 0.786. The molecule has 0 aromatic carbocycles. The summed E-state index contributed by atoms with van der Waals surface area (Å²) in [5.41, 5.74) is 0. The maximum Gasteiger partial charge on any atom is 0.303 e. The number of hydrogen-bond acceptors (Lipinski definition) is 2. The van der Waals surface area contributed by atoms with Crippen LogP contribution in [-0.2, 0) is 4.79 Å². The van der Waals surface area contributed by atoms with Crippen molar-refractivity contribution in [2.75, 3.05) is 6.61 Å². The molecule has 0 aliphatic rings. The minimum absolute atomic E-state index is 0.190. The maximum atomic E-state index is 10.6. The van der Waals surface area contributed by atoms with Crippen LogP contribution in [0.2, 0.25) is 0 Å². The van der Waals surface area contributed by atoms with Crippen molar-refractivity contribution in [2.45, 2.75) is 58.3 Å². The molecule has 1 unspecified atom stereocenters. The number of carbonyl (C=O) groups is 1. The van der Waals surface area contributed by atoms with Crippen LogP contribution in [0.5, 0.6) is 0 Å². The van der Waals surface area contributed by atoms with Gasteiger partial charge < -0.3 is 10.2 Å². The van der Waals surface area contributed by atoms with E-state index in [0.29, 0.717) is 0 Å². The van der Waals surface area contributed by atoms with Crippen LogP contribution in [0.25, 0.3) is 0 Å². The summed E-state index contributed by atoms with van der Waals surface area (Å²) < 4.78 is 0. The van der Waals surface area contributed by atoms with Crippen molar-refractivity contribution in [3.05, 3.63) is 12.2 Å². The van der Waals surface area contributed by atoms with Gasteiger partial charge in [0.05, 0.1) is 6.42 Å². The summed E-state index contributed by atoms with van der Waals surface area (Å²) in [6.45, 7) is 2.37. The molecule has 0 aromatic heterocycles. The molecule has 3 heteroatoms. The highest BCUT2D eigenvalue weighted by molar-refractivity contribution is 5.67. The van der Waals surface area contributed by atoms with Gasteiger partial charge in [0.25, 0.3) is 0 Å². The predicted octanol–water partition coefficient (Wildman–Crippen LogP) is 3.38. The first-order chi connectivity index (χ1) is 8.20. The van der Waals surface area contributed by atoms with Crippen LogP contribution >= 0.6 is 0 Å². The fourth-order valence-electron chi connectivity index (χ4n) is 1.88. The molecule has 100 valence electrons. The summed E-state index contributed by atoms with van der Waals surface area (Å²) in [5.74, 6) is -0.522. The van der Waals surface area contributed by atoms with Gasteiger partial charge in [0.1, 0.15) is 0 Å². The molecule has 0 aliphatic heterocycles. The molecule has 1 atom stereocenters. The number of carboxylic acid groups (broad SMARTS) is 1. The van der Waals surface area contributed by atoms with E-state index in [-0.39, 0.29) is 18.9 Å². The number of hydrogen-bond donors (Lipinski definition) is 2. The first-order valence-corrected chi connectivity index (χ1v) is 6.70. The van der Waals surface area contributed by atoms with Crippen LogP contribution in [0.1, 0.15) is 58.3 Å². The molecule has 0 fully saturated rings. The second-order valence-corrected chi connectivity index (χ2v) is 4.50. The molecule has 17 heavy (non-hydrogen) atoms. The van der Waals surface area contributed by atoms with Crippen LogP contribution in [-0.4, -0.2) is 22.8 Å². The lowest BCUT2D eigenvalue weighted by Gasteiger charge is -2.07. The summed E-state index contributed by atoms with van der Waals surface area (Å²) >= 11 is 0. The second-order valence-electron chi connectivity index (χ2n) is 4.50. The Bertz CT molecular complexity index is 212. The Morgan fingerprint density at radius 2 is 1.94 bits per heavy atom. The van der Waals surface area contributed by atoms with Crippen LogP contribution in [0, 0.1) is 5.92 Å². The van der Waals surface area contributed by atoms with Gasteiger partial charge in [-0.15, -0.1) is 0 Å². The average Bonchev–Trinajstić information content (AvgIpc) is 2.27. The monoisotopic (exact) mass is 242 g/mol. The van der Waals surface area contributed by atoms with E-state index in [1.165, 1.54) is 0 Å². The third kappa shape index (κ3) is 11.4. The topological polar surface area (TPSA) is 57.5 Å². The molecule has 0 saturated heterocycles. The highest BCUT2D eigenvalue weighted by atomic mass is 16.4. The zero-order valence-electron chi connectivity index (χ0n) is 10.9. The molecule has 0 bridgehead atoms. The molecule has 0 spiro atoms. The number of carboxylic acids is 1. The van der Waals surface area contributed by atoms with E-state index in [2.05, 4.69) is 19.1 Å². The number of allylic oxidation sites excluding steroid dienone is 2. The number of aliphatic carboxylic acids is 1. The Morgan fingerprint density at radius 3 is 2.53 bits per heavy atom. The van der Waals surface area contributed by atoms with Crippen molar-refractivity contribution in [1.29, 1.82) is 0 Å². The zero-order chi connectivity index (χ0) is 12.9. The van der Waals surface area contributed by atoms with E-state index >= 15 is 0 Å². The van der Waals surface area contributed by atoms with Crippen molar-refractivity contribution in [3.8, 4) is 0 Å². The molecule has 0 radical (unpaired) electrons. The normalized spacial score (nSPS) is 13.1. The molecule has 0 aromatic rings. The second kappa shape index (κ2) is 11.6. The summed E-state index contributed by atoms with van der Waals surface area (Å²) in [6, 6.07) is 0. The van der Waals surface area contributed by atoms with Gasteiger partial charge in [-0.2, -0.15) is 0 Å². The van der Waals surface area contributed by atoms with Crippen molar-refractivity contribution < 1.29 is 15.0 Å². The number of rotatable bonds is 11. The molecule has 2 N–H and O–H groups in total. The number of aliphatic hydroxyl groups is 1. The molecule has 0 amide bonds. The first kappa shape index (κ1) is 16.2. The molecule has 0 saturated carbocycles. The zero-order valence-corrected chi connectivity index (χ0v) is 10.9. The summed E-state index contributed by atoms with van der Waals surface area (Å²) in [4.78, 5) is 10.6. The van der Waals surface area contributed by atoms with Crippen molar-refractivity contribution in [2.24, 2.45) is 5.92 Å². The van der Waals surface area contributed by atoms with E-state index in [1.54, 1.807) is 0 Å². The van der Waals surface area contributed by atoms with Crippen molar-refractivity contribution >= 4 is 5.97 Å². The van der Waals surface area contributed by atoms with Crippen LogP contribution in [0.4, 0.5) is 0 Å². The van der Waals surface area contributed by atoms with E-state index in [0.717, 1.165) is 44.9 Å². The van der Waals surface area contributed by atoms with Crippen LogP contribution < -0.4 is 0 Å². The molecular weight excluding hydrogens is 216 g/mol. The number of unbranched alkanes of at least 4 members (excludes halogenated alkanes) is 4. The lowest BCUT2D eigenvalue weighted by Crippen LogP contribution is -2.04. The third-order valence-corrected chi connectivity index (χ3v) is 2.78. The van der Waals surface area contributed by atoms with Gasteiger partial charge in [-0.25, -0.2) is 0 Å².